The van der Waals surface area contributed by atoms with E-state index < -0.39 is 0 Å². The molecule has 142 valence electrons. The Kier molecular flexibility index (Phi) is 5.90. The molecule has 3 amide bonds. The van der Waals surface area contributed by atoms with Gasteiger partial charge in [-0.25, -0.2) is 0 Å². The monoisotopic (exact) mass is 368 g/mol. The van der Waals surface area contributed by atoms with Gasteiger partial charge in [-0.05, 0) is 31.2 Å². The maximum absolute atomic E-state index is 12.3. The fourth-order valence-electron chi connectivity index (χ4n) is 3.04. The molecule has 1 aliphatic rings. The second-order valence-electron chi connectivity index (χ2n) is 6.63. The van der Waals surface area contributed by atoms with Crippen LogP contribution in [0.25, 0.3) is 0 Å². The summed E-state index contributed by atoms with van der Waals surface area (Å²) < 4.78 is 0. The molecule has 2 N–H and O–H groups in total. The van der Waals surface area contributed by atoms with Crippen molar-refractivity contribution in [2.45, 2.75) is 13.3 Å². The van der Waals surface area contributed by atoms with Crippen LogP contribution in [0.3, 0.4) is 0 Å². The molecule has 7 nitrogen and oxygen atoms in total. The number of aromatic amines is 1. The third kappa shape index (κ3) is 4.75. The van der Waals surface area contributed by atoms with Gasteiger partial charge in [0.05, 0.1) is 0 Å². The van der Waals surface area contributed by atoms with Gasteiger partial charge in [0.25, 0.3) is 11.8 Å². The van der Waals surface area contributed by atoms with Gasteiger partial charge in [-0.1, -0.05) is 17.7 Å². The van der Waals surface area contributed by atoms with E-state index in [0.717, 1.165) is 5.56 Å². The van der Waals surface area contributed by atoms with Gasteiger partial charge in [0.15, 0.2) is 0 Å². The highest BCUT2D eigenvalue weighted by Crippen LogP contribution is 2.08. The SMILES string of the molecule is Cc1ccc(C(=O)NCCC(=O)N2CCN(C(=O)c3ccc[nH]3)CC2)cc1. The normalized spacial score (nSPS) is 14.1. The van der Waals surface area contributed by atoms with Gasteiger partial charge in [0.1, 0.15) is 5.69 Å². The molecular weight excluding hydrogens is 344 g/mol. The Hall–Kier alpha value is -3.09. The van der Waals surface area contributed by atoms with Crippen molar-refractivity contribution in [3.63, 3.8) is 0 Å². The number of piperazine rings is 1. The fraction of sp³-hybridized carbons (Fsp3) is 0.350. The van der Waals surface area contributed by atoms with Gasteiger partial charge in [-0.2, -0.15) is 0 Å². The van der Waals surface area contributed by atoms with Crippen LogP contribution in [0.15, 0.2) is 42.6 Å². The summed E-state index contributed by atoms with van der Waals surface area (Å²) in [5.74, 6) is -0.229. The van der Waals surface area contributed by atoms with Crippen molar-refractivity contribution in [2.75, 3.05) is 32.7 Å². The van der Waals surface area contributed by atoms with Crippen LogP contribution < -0.4 is 5.32 Å². The van der Waals surface area contributed by atoms with Crippen LogP contribution in [-0.4, -0.2) is 65.2 Å². The van der Waals surface area contributed by atoms with Crippen molar-refractivity contribution in [1.82, 2.24) is 20.1 Å². The number of benzene rings is 1. The average Bonchev–Trinajstić information content (AvgIpc) is 3.22. The predicted octanol–water partition coefficient (Wildman–Crippen LogP) is 1.43. The number of carbonyl (C=O) groups excluding carboxylic acids is 3. The fourth-order valence-corrected chi connectivity index (χ4v) is 3.04. The van der Waals surface area contributed by atoms with Crippen LogP contribution in [0, 0.1) is 6.92 Å². The Morgan fingerprint density at radius 1 is 1.00 bits per heavy atom. The summed E-state index contributed by atoms with van der Waals surface area (Å²) in [6.45, 7) is 4.31. The molecule has 1 aromatic heterocycles. The molecule has 0 saturated carbocycles. The Bertz CT molecular complexity index is 791. The van der Waals surface area contributed by atoms with Gasteiger partial charge >= 0.3 is 0 Å². The molecule has 0 aliphatic carbocycles. The van der Waals surface area contributed by atoms with E-state index in [1.807, 2.05) is 19.1 Å². The van der Waals surface area contributed by atoms with E-state index in [1.54, 1.807) is 40.3 Å². The van der Waals surface area contributed by atoms with Crippen LogP contribution in [-0.2, 0) is 4.79 Å². The van der Waals surface area contributed by atoms with Crippen molar-refractivity contribution in [3.05, 3.63) is 59.4 Å². The highest BCUT2D eigenvalue weighted by molar-refractivity contribution is 5.94. The minimum absolute atomic E-state index is 0.00817. The summed E-state index contributed by atoms with van der Waals surface area (Å²) in [5, 5.41) is 2.78. The lowest BCUT2D eigenvalue weighted by molar-refractivity contribution is -0.132. The number of nitrogens with one attached hydrogen (secondary N) is 2. The molecule has 2 heterocycles. The van der Waals surface area contributed by atoms with Crippen LogP contribution in [0.1, 0.15) is 32.8 Å². The number of rotatable bonds is 5. The summed E-state index contributed by atoms with van der Waals surface area (Å²) in [6, 6.07) is 10.8. The van der Waals surface area contributed by atoms with E-state index in [2.05, 4.69) is 10.3 Å². The van der Waals surface area contributed by atoms with E-state index in [4.69, 9.17) is 0 Å². The molecule has 1 aromatic carbocycles. The Morgan fingerprint density at radius 3 is 2.30 bits per heavy atom. The third-order valence-electron chi connectivity index (χ3n) is 4.69. The third-order valence-corrected chi connectivity index (χ3v) is 4.69. The maximum atomic E-state index is 12.3. The molecule has 1 fully saturated rings. The molecule has 1 aliphatic heterocycles. The number of H-pyrrole nitrogens is 1. The molecule has 3 rings (SSSR count). The highest BCUT2D eigenvalue weighted by atomic mass is 16.2. The molecule has 0 bridgehead atoms. The Balaban J connectivity index is 1.40. The van der Waals surface area contributed by atoms with E-state index in [-0.39, 0.29) is 24.1 Å². The molecule has 7 heteroatoms. The van der Waals surface area contributed by atoms with Gasteiger partial charge in [-0.3, -0.25) is 14.4 Å². The molecule has 0 spiro atoms. The number of hydrogen-bond acceptors (Lipinski definition) is 3. The van der Waals surface area contributed by atoms with E-state index in [1.165, 1.54) is 0 Å². The lowest BCUT2D eigenvalue weighted by Gasteiger charge is -2.34. The summed E-state index contributed by atoms with van der Waals surface area (Å²) in [6.07, 6.45) is 1.97. The minimum Gasteiger partial charge on any atom is -0.357 e. The summed E-state index contributed by atoms with van der Waals surface area (Å²) in [7, 11) is 0. The van der Waals surface area contributed by atoms with Crippen LogP contribution in [0.4, 0.5) is 0 Å². The van der Waals surface area contributed by atoms with Crippen molar-refractivity contribution in [3.8, 4) is 0 Å². The van der Waals surface area contributed by atoms with Gasteiger partial charge < -0.3 is 20.1 Å². The van der Waals surface area contributed by atoms with Crippen LogP contribution >= 0.6 is 0 Å². The molecule has 0 atom stereocenters. The zero-order chi connectivity index (χ0) is 19.2. The summed E-state index contributed by atoms with van der Waals surface area (Å²) >= 11 is 0. The minimum atomic E-state index is -0.177. The summed E-state index contributed by atoms with van der Waals surface area (Å²) in [4.78, 5) is 43.1. The first-order valence-electron chi connectivity index (χ1n) is 9.10. The molecule has 0 unspecified atom stereocenters. The number of aryl methyl sites for hydroxylation is 1. The predicted molar refractivity (Wildman–Crippen MR) is 101 cm³/mol. The lowest BCUT2D eigenvalue weighted by atomic mass is 10.1. The number of nitrogens with zero attached hydrogens (tertiary/aromatic N) is 2. The largest absolute Gasteiger partial charge is 0.357 e. The average molecular weight is 368 g/mol. The Morgan fingerprint density at radius 2 is 1.67 bits per heavy atom. The topological polar surface area (TPSA) is 85.5 Å². The highest BCUT2D eigenvalue weighted by Gasteiger charge is 2.25. The molecule has 0 radical (unpaired) electrons. The van der Waals surface area contributed by atoms with Crippen molar-refractivity contribution < 1.29 is 14.4 Å². The van der Waals surface area contributed by atoms with E-state index >= 15 is 0 Å². The molecule has 27 heavy (non-hydrogen) atoms. The standard InChI is InChI=1S/C20H24N4O3/c1-15-4-6-16(7-5-15)19(26)22-10-8-18(25)23-11-13-24(14-12-23)20(27)17-3-2-9-21-17/h2-7,9,21H,8,10-14H2,1H3,(H,22,26). The number of hydrogen-bond donors (Lipinski definition) is 2. The van der Waals surface area contributed by atoms with Crippen molar-refractivity contribution >= 4 is 17.7 Å². The number of aromatic nitrogens is 1. The molecule has 1 saturated heterocycles. The van der Waals surface area contributed by atoms with E-state index in [9.17, 15) is 14.4 Å². The van der Waals surface area contributed by atoms with Crippen LogP contribution in [0.5, 0.6) is 0 Å². The van der Waals surface area contributed by atoms with Gasteiger partial charge in [0.2, 0.25) is 5.91 Å². The summed E-state index contributed by atoms with van der Waals surface area (Å²) in [5.41, 5.74) is 2.24. The smallest absolute Gasteiger partial charge is 0.270 e. The van der Waals surface area contributed by atoms with Crippen molar-refractivity contribution in [2.24, 2.45) is 0 Å². The first kappa shape index (κ1) is 18.7. The lowest BCUT2D eigenvalue weighted by Crippen LogP contribution is -2.51. The van der Waals surface area contributed by atoms with E-state index in [0.29, 0.717) is 44.0 Å². The second-order valence-corrected chi connectivity index (χ2v) is 6.63. The maximum Gasteiger partial charge on any atom is 0.270 e. The quantitative estimate of drug-likeness (QED) is 0.837. The number of carbonyl (C=O) groups is 3. The first-order valence-corrected chi connectivity index (χ1v) is 9.10. The van der Waals surface area contributed by atoms with Crippen LogP contribution in [0.2, 0.25) is 0 Å². The number of amides is 3. The molecule has 2 aromatic rings. The second kappa shape index (κ2) is 8.53. The Labute approximate surface area is 158 Å². The zero-order valence-corrected chi connectivity index (χ0v) is 15.4. The van der Waals surface area contributed by atoms with Gasteiger partial charge in [0, 0.05) is 50.9 Å². The first-order chi connectivity index (χ1) is 13.0. The van der Waals surface area contributed by atoms with Crippen molar-refractivity contribution in [1.29, 1.82) is 0 Å². The molecular formula is C20H24N4O3. The van der Waals surface area contributed by atoms with Gasteiger partial charge in [-0.15, -0.1) is 0 Å². The zero-order valence-electron chi connectivity index (χ0n) is 15.4.